The van der Waals surface area contributed by atoms with Crippen LogP contribution in [-0.2, 0) is 11.2 Å². The molecular weight excluding hydrogens is 312 g/mol. The van der Waals surface area contributed by atoms with Crippen LogP contribution in [-0.4, -0.2) is 41.0 Å². The van der Waals surface area contributed by atoms with Crippen LogP contribution in [0.3, 0.4) is 0 Å². The summed E-state index contributed by atoms with van der Waals surface area (Å²) in [6.07, 6.45) is 0.367. The first-order valence-electron chi connectivity index (χ1n) is 7.17. The molecule has 0 aliphatic carbocycles. The lowest BCUT2D eigenvalue weighted by molar-refractivity contribution is -0.115. The number of H-pyrrole nitrogens is 1. The average Bonchev–Trinajstić information content (AvgIpc) is 2.54. The Kier molecular flexibility index (Phi) is 5.41. The van der Waals surface area contributed by atoms with Gasteiger partial charge in [0.1, 0.15) is 5.82 Å². The van der Waals surface area contributed by atoms with Gasteiger partial charge in [0.2, 0.25) is 5.91 Å². The van der Waals surface area contributed by atoms with E-state index in [-0.39, 0.29) is 11.4 Å². The van der Waals surface area contributed by atoms with E-state index >= 15 is 0 Å². The van der Waals surface area contributed by atoms with E-state index in [4.69, 9.17) is 9.47 Å². The number of carbonyl (C=O) groups excluding carboxylic acids is 1. The van der Waals surface area contributed by atoms with Crippen molar-refractivity contribution in [1.82, 2.24) is 15.2 Å². The van der Waals surface area contributed by atoms with Crippen molar-refractivity contribution in [2.45, 2.75) is 20.3 Å². The van der Waals surface area contributed by atoms with E-state index in [0.29, 0.717) is 23.7 Å². The fourth-order valence-corrected chi connectivity index (χ4v) is 2.16. The van der Waals surface area contributed by atoms with E-state index in [1.54, 1.807) is 26.4 Å². The van der Waals surface area contributed by atoms with Crippen molar-refractivity contribution in [1.29, 1.82) is 0 Å². The van der Waals surface area contributed by atoms with Crippen LogP contribution in [0.25, 0.3) is 0 Å². The van der Waals surface area contributed by atoms with E-state index in [0.717, 1.165) is 5.56 Å². The lowest BCUT2D eigenvalue weighted by atomic mass is 10.1. The number of nitrogens with one attached hydrogen (secondary N) is 1. The average molecular weight is 330 g/mol. The van der Waals surface area contributed by atoms with E-state index in [1.165, 1.54) is 13.8 Å². The second kappa shape index (κ2) is 7.49. The zero-order chi connectivity index (χ0) is 17.7. The summed E-state index contributed by atoms with van der Waals surface area (Å²) in [5.41, 5.74) is 0.692. The molecule has 2 rings (SSSR count). The molecule has 0 fully saturated rings. The predicted molar refractivity (Wildman–Crippen MR) is 87.9 cm³/mol. The SMILES string of the molecule is COc1ccc(Cc2nnc(C(C)=NC(C)=O)c(=O)[nH]2)cc1OC. The molecule has 1 N–H and O–H groups in total. The van der Waals surface area contributed by atoms with Crippen LogP contribution in [0, 0.1) is 0 Å². The molecule has 0 bridgehead atoms. The number of aromatic nitrogens is 3. The summed E-state index contributed by atoms with van der Waals surface area (Å²) in [5, 5.41) is 7.86. The highest BCUT2D eigenvalue weighted by Gasteiger charge is 2.11. The van der Waals surface area contributed by atoms with Crippen molar-refractivity contribution in [3.8, 4) is 11.5 Å². The van der Waals surface area contributed by atoms with Crippen molar-refractivity contribution >= 4 is 11.6 Å². The van der Waals surface area contributed by atoms with Crippen molar-refractivity contribution in [3.63, 3.8) is 0 Å². The summed E-state index contributed by atoms with van der Waals surface area (Å²) in [7, 11) is 3.11. The van der Waals surface area contributed by atoms with Crippen LogP contribution < -0.4 is 15.0 Å². The van der Waals surface area contributed by atoms with Gasteiger partial charge in [-0.1, -0.05) is 6.07 Å². The third-order valence-electron chi connectivity index (χ3n) is 3.23. The van der Waals surface area contributed by atoms with E-state index < -0.39 is 11.5 Å². The minimum atomic E-state index is -0.442. The van der Waals surface area contributed by atoms with Crippen molar-refractivity contribution < 1.29 is 14.3 Å². The Morgan fingerprint density at radius 2 is 1.88 bits per heavy atom. The van der Waals surface area contributed by atoms with Crippen molar-refractivity contribution in [2.75, 3.05) is 14.2 Å². The van der Waals surface area contributed by atoms with Crippen LogP contribution in [0.5, 0.6) is 11.5 Å². The molecule has 126 valence electrons. The molecule has 1 aromatic carbocycles. The summed E-state index contributed by atoms with van der Waals surface area (Å²) in [6, 6.07) is 5.42. The molecule has 0 radical (unpaired) electrons. The Labute approximate surface area is 138 Å². The molecule has 1 heterocycles. The van der Waals surface area contributed by atoms with Gasteiger partial charge in [-0.25, -0.2) is 4.99 Å². The highest BCUT2D eigenvalue weighted by atomic mass is 16.5. The Morgan fingerprint density at radius 3 is 2.46 bits per heavy atom. The third-order valence-corrected chi connectivity index (χ3v) is 3.23. The Morgan fingerprint density at radius 1 is 1.17 bits per heavy atom. The smallest absolute Gasteiger partial charge is 0.279 e. The minimum absolute atomic E-state index is 0.0289. The number of aromatic amines is 1. The van der Waals surface area contributed by atoms with Gasteiger partial charge in [-0.3, -0.25) is 9.59 Å². The molecule has 8 heteroatoms. The number of hydrogen-bond acceptors (Lipinski definition) is 6. The van der Waals surface area contributed by atoms with Crippen LogP contribution >= 0.6 is 0 Å². The highest BCUT2D eigenvalue weighted by Crippen LogP contribution is 2.27. The van der Waals surface area contributed by atoms with E-state index in [2.05, 4.69) is 20.2 Å². The topological polar surface area (TPSA) is 107 Å². The van der Waals surface area contributed by atoms with Crippen LogP contribution in [0.2, 0.25) is 0 Å². The molecule has 0 atom stereocenters. The molecular formula is C16H18N4O4. The number of ether oxygens (including phenoxy) is 2. The van der Waals surface area contributed by atoms with Crippen molar-refractivity contribution in [3.05, 3.63) is 45.6 Å². The maximum atomic E-state index is 12.1. The predicted octanol–water partition coefficient (Wildman–Crippen LogP) is 1.13. The minimum Gasteiger partial charge on any atom is -0.493 e. The van der Waals surface area contributed by atoms with Crippen LogP contribution in [0.4, 0.5) is 0 Å². The van der Waals surface area contributed by atoms with Crippen molar-refractivity contribution in [2.24, 2.45) is 4.99 Å². The molecule has 2 aromatic rings. The summed E-state index contributed by atoms with van der Waals surface area (Å²) in [6.45, 7) is 2.84. The number of amides is 1. The Hall–Kier alpha value is -3.03. The van der Waals surface area contributed by atoms with Gasteiger partial charge >= 0.3 is 0 Å². The first-order valence-corrected chi connectivity index (χ1v) is 7.17. The van der Waals surface area contributed by atoms with E-state index in [1.807, 2.05) is 6.07 Å². The fourth-order valence-electron chi connectivity index (χ4n) is 2.16. The zero-order valence-electron chi connectivity index (χ0n) is 13.9. The van der Waals surface area contributed by atoms with Gasteiger partial charge < -0.3 is 14.5 Å². The number of carbonyl (C=O) groups is 1. The number of rotatable bonds is 5. The molecule has 0 unspecified atom stereocenters. The number of nitrogens with zero attached hydrogens (tertiary/aromatic N) is 3. The van der Waals surface area contributed by atoms with Crippen LogP contribution in [0.15, 0.2) is 28.0 Å². The Bertz CT molecular complexity index is 842. The van der Waals surface area contributed by atoms with Gasteiger partial charge in [0.25, 0.3) is 5.56 Å². The lowest BCUT2D eigenvalue weighted by Gasteiger charge is -2.09. The lowest BCUT2D eigenvalue weighted by Crippen LogP contribution is -2.23. The monoisotopic (exact) mass is 330 g/mol. The largest absolute Gasteiger partial charge is 0.493 e. The Balaban J connectivity index is 2.27. The summed E-state index contributed by atoms with van der Waals surface area (Å²) in [5.74, 6) is 1.20. The molecule has 0 aliphatic rings. The van der Waals surface area contributed by atoms with Gasteiger partial charge in [0, 0.05) is 13.3 Å². The normalized spacial score (nSPS) is 11.2. The summed E-state index contributed by atoms with van der Waals surface area (Å²) < 4.78 is 10.4. The van der Waals surface area contributed by atoms with Gasteiger partial charge in [0.05, 0.1) is 19.9 Å². The third kappa shape index (κ3) is 4.03. The number of benzene rings is 1. The maximum Gasteiger partial charge on any atom is 0.279 e. The number of aliphatic imine (C=N–C) groups is 1. The van der Waals surface area contributed by atoms with Gasteiger partial charge in [0.15, 0.2) is 17.2 Å². The first-order chi connectivity index (χ1) is 11.4. The van der Waals surface area contributed by atoms with Crippen LogP contribution in [0.1, 0.15) is 30.9 Å². The fraction of sp³-hybridized carbons (Fsp3) is 0.312. The molecule has 0 spiro atoms. The quantitative estimate of drug-likeness (QED) is 0.824. The molecule has 8 nitrogen and oxygen atoms in total. The number of hydrogen-bond donors (Lipinski definition) is 1. The molecule has 1 aromatic heterocycles. The molecule has 24 heavy (non-hydrogen) atoms. The van der Waals surface area contributed by atoms with Gasteiger partial charge in [-0.2, -0.15) is 0 Å². The summed E-state index contributed by atoms with van der Waals surface area (Å²) >= 11 is 0. The maximum absolute atomic E-state index is 12.1. The number of methoxy groups -OCH3 is 2. The standard InChI is InChI=1S/C16H18N4O4/c1-9(17-10(2)21)15-16(22)18-14(19-20-15)8-11-5-6-12(23-3)13(7-11)24-4/h5-7H,8H2,1-4H3,(H,18,19,22). The molecule has 0 saturated heterocycles. The molecule has 1 amide bonds. The highest BCUT2D eigenvalue weighted by molar-refractivity contribution is 6.02. The van der Waals surface area contributed by atoms with Gasteiger partial charge in [-0.05, 0) is 24.6 Å². The van der Waals surface area contributed by atoms with Gasteiger partial charge in [-0.15, -0.1) is 10.2 Å². The summed E-state index contributed by atoms with van der Waals surface area (Å²) in [4.78, 5) is 29.4. The van der Waals surface area contributed by atoms with E-state index in [9.17, 15) is 9.59 Å². The second-order valence-corrected chi connectivity index (χ2v) is 5.03. The molecule has 0 saturated carbocycles. The molecule has 0 aliphatic heterocycles. The second-order valence-electron chi connectivity index (χ2n) is 5.03. The first kappa shape index (κ1) is 17.3. The zero-order valence-corrected chi connectivity index (χ0v) is 13.9.